The largest absolute Gasteiger partial charge is 0.315 e. The van der Waals surface area contributed by atoms with Crippen LogP contribution in [0.4, 0.5) is 4.39 Å². The van der Waals surface area contributed by atoms with Gasteiger partial charge in [-0.1, -0.05) is 18.2 Å². The van der Waals surface area contributed by atoms with Gasteiger partial charge < -0.3 is 4.90 Å². The molecule has 82 valence electrons. The monoisotopic (exact) mass is 235 g/mol. The zero-order valence-electron chi connectivity index (χ0n) is 8.51. The first-order valence-corrected chi connectivity index (χ1v) is 5.21. The molecule has 0 fully saturated rings. The van der Waals surface area contributed by atoms with Crippen molar-refractivity contribution in [3.05, 3.63) is 48.3 Å². The number of hydrogen-bond acceptors (Lipinski definition) is 2. The number of azo groups is 1. The molecule has 0 aliphatic carbocycles. The summed E-state index contributed by atoms with van der Waals surface area (Å²) in [6.45, 7) is 4.23. The Bertz CT molecular complexity index is 441. The van der Waals surface area contributed by atoms with Crippen molar-refractivity contribution in [3.8, 4) is 0 Å². The third kappa shape index (κ3) is 1.99. The van der Waals surface area contributed by atoms with Crippen molar-refractivity contribution in [1.82, 2.24) is 4.90 Å². The highest BCUT2D eigenvalue weighted by atomic mass is 32.1. The fourth-order valence-corrected chi connectivity index (χ4v) is 1.75. The molecule has 16 heavy (non-hydrogen) atoms. The van der Waals surface area contributed by atoms with Gasteiger partial charge in [0.1, 0.15) is 5.82 Å². The fourth-order valence-electron chi connectivity index (χ4n) is 1.53. The number of benzene rings is 1. The van der Waals surface area contributed by atoms with Crippen LogP contribution in [0.2, 0.25) is 0 Å². The second-order valence-electron chi connectivity index (χ2n) is 3.36. The minimum absolute atomic E-state index is 0.258. The molecule has 0 amide bonds. The summed E-state index contributed by atoms with van der Waals surface area (Å²) in [5.41, 5.74) is 0.867. The van der Waals surface area contributed by atoms with Crippen molar-refractivity contribution >= 4 is 17.3 Å². The highest BCUT2D eigenvalue weighted by Gasteiger charge is 2.26. The molecular formula is C11H10FN3S. The van der Waals surface area contributed by atoms with E-state index in [1.165, 1.54) is 12.1 Å². The Labute approximate surface area is 98.3 Å². The van der Waals surface area contributed by atoms with Crippen LogP contribution in [0.15, 0.2) is 47.1 Å². The summed E-state index contributed by atoms with van der Waals surface area (Å²) in [6.07, 6.45) is 1.48. The molecule has 1 aliphatic rings. The van der Waals surface area contributed by atoms with E-state index in [9.17, 15) is 4.39 Å². The maximum atomic E-state index is 12.8. The van der Waals surface area contributed by atoms with E-state index in [1.54, 1.807) is 18.2 Å². The molecule has 0 N–H and O–H groups in total. The maximum Gasteiger partial charge on any atom is 0.218 e. The molecule has 0 aromatic heterocycles. The van der Waals surface area contributed by atoms with Crippen LogP contribution in [0, 0.1) is 5.82 Å². The molecule has 0 saturated carbocycles. The predicted molar refractivity (Wildman–Crippen MR) is 63.5 cm³/mol. The average Bonchev–Trinajstić information content (AvgIpc) is 2.63. The number of thiocarbonyl (C=S) groups is 1. The molecule has 1 aliphatic heterocycles. The summed E-state index contributed by atoms with van der Waals surface area (Å²) < 4.78 is 12.8. The lowest BCUT2D eigenvalue weighted by Gasteiger charge is -2.21. The zero-order valence-corrected chi connectivity index (χ0v) is 9.32. The average molecular weight is 235 g/mol. The molecule has 0 saturated heterocycles. The SMILES string of the molecule is C=CCN1C(=S)N=NC1c1ccc(F)cc1. The lowest BCUT2D eigenvalue weighted by molar-refractivity contribution is 0.380. The molecule has 5 heteroatoms. The van der Waals surface area contributed by atoms with Gasteiger partial charge in [0.05, 0.1) is 0 Å². The van der Waals surface area contributed by atoms with Crippen molar-refractivity contribution in [1.29, 1.82) is 0 Å². The van der Waals surface area contributed by atoms with Crippen molar-refractivity contribution in [2.24, 2.45) is 10.2 Å². The van der Waals surface area contributed by atoms with Gasteiger partial charge in [0, 0.05) is 6.54 Å². The van der Waals surface area contributed by atoms with Gasteiger partial charge in [-0.15, -0.1) is 11.7 Å². The molecule has 3 nitrogen and oxygen atoms in total. The summed E-state index contributed by atoms with van der Waals surface area (Å²) in [4.78, 5) is 1.83. The molecule has 0 radical (unpaired) electrons. The smallest absolute Gasteiger partial charge is 0.218 e. The molecule has 1 unspecified atom stereocenters. The highest BCUT2D eigenvalue weighted by molar-refractivity contribution is 7.80. The molecule has 2 rings (SSSR count). The van der Waals surface area contributed by atoms with Crippen LogP contribution >= 0.6 is 12.2 Å². The summed E-state index contributed by atoms with van der Waals surface area (Å²) >= 11 is 5.05. The number of halogens is 1. The van der Waals surface area contributed by atoms with Crippen molar-refractivity contribution in [2.45, 2.75) is 6.17 Å². The van der Waals surface area contributed by atoms with Crippen LogP contribution in [-0.4, -0.2) is 16.6 Å². The van der Waals surface area contributed by atoms with Crippen LogP contribution < -0.4 is 0 Å². The van der Waals surface area contributed by atoms with E-state index in [-0.39, 0.29) is 12.0 Å². The first-order chi connectivity index (χ1) is 7.72. The van der Waals surface area contributed by atoms with Gasteiger partial charge in [-0.3, -0.25) is 0 Å². The molecule has 0 spiro atoms. The van der Waals surface area contributed by atoms with Crippen LogP contribution in [0.3, 0.4) is 0 Å². The zero-order chi connectivity index (χ0) is 11.5. The van der Waals surface area contributed by atoms with Crippen molar-refractivity contribution < 1.29 is 4.39 Å². The Balaban J connectivity index is 2.26. The normalized spacial score (nSPS) is 19.2. The third-order valence-electron chi connectivity index (χ3n) is 2.29. The third-order valence-corrected chi connectivity index (χ3v) is 2.60. The Morgan fingerprint density at radius 3 is 2.75 bits per heavy atom. The second kappa shape index (κ2) is 4.49. The maximum absolute atomic E-state index is 12.8. The van der Waals surface area contributed by atoms with E-state index < -0.39 is 0 Å². The molecule has 1 aromatic carbocycles. The van der Waals surface area contributed by atoms with Crippen molar-refractivity contribution in [2.75, 3.05) is 6.54 Å². The summed E-state index contributed by atoms with van der Waals surface area (Å²) in [5.74, 6) is -0.267. The summed E-state index contributed by atoms with van der Waals surface area (Å²) in [7, 11) is 0. The van der Waals surface area contributed by atoms with E-state index in [1.807, 2.05) is 4.90 Å². The summed E-state index contributed by atoms with van der Waals surface area (Å²) in [5, 5.41) is 8.35. The molecular weight excluding hydrogens is 225 g/mol. The predicted octanol–water partition coefficient (Wildman–Crippen LogP) is 3.06. The van der Waals surface area contributed by atoms with Gasteiger partial charge >= 0.3 is 0 Å². The Kier molecular flexibility index (Phi) is 3.05. The lowest BCUT2D eigenvalue weighted by atomic mass is 10.1. The van der Waals surface area contributed by atoms with E-state index in [4.69, 9.17) is 12.2 Å². The van der Waals surface area contributed by atoms with Crippen molar-refractivity contribution in [3.63, 3.8) is 0 Å². The first-order valence-electron chi connectivity index (χ1n) is 4.80. The Hall–Kier alpha value is -1.62. The molecule has 1 aromatic rings. The minimum atomic E-state index is -0.267. The van der Waals surface area contributed by atoms with Gasteiger partial charge in [0.2, 0.25) is 5.11 Å². The van der Waals surface area contributed by atoms with Crippen LogP contribution in [-0.2, 0) is 0 Å². The standard InChI is InChI=1S/C11H10FN3S/c1-2-7-15-10(13-14-11(15)16)8-3-5-9(12)6-4-8/h2-6,10H,1,7H2. The minimum Gasteiger partial charge on any atom is -0.315 e. The van der Waals surface area contributed by atoms with Gasteiger partial charge in [-0.2, -0.15) is 5.11 Å². The van der Waals surface area contributed by atoms with E-state index >= 15 is 0 Å². The lowest BCUT2D eigenvalue weighted by Crippen LogP contribution is -2.27. The van der Waals surface area contributed by atoms with E-state index in [0.29, 0.717) is 11.7 Å². The highest BCUT2D eigenvalue weighted by Crippen LogP contribution is 2.28. The topological polar surface area (TPSA) is 28.0 Å². The number of nitrogens with zero attached hydrogens (tertiary/aromatic N) is 3. The van der Waals surface area contributed by atoms with Crippen LogP contribution in [0.1, 0.15) is 11.7 Å². The summed E-state index contributed by atoms with van der Waals surface area (Å²) in [6, 6.07) is 6.17. The number of rotatable bonds is 3. The molecule has 1 atom stereocenters. The van der Waals surface area contributed by atoms with E-state index in [0.717, 1.165) is 5.56 Å². The first kappa shape index (κ1) is 10.9. The van der Waals surface area contributed by atoms with Gasteiger partial charge in [0.15, 0.2) is 6.17 Å². The fraction of sp³-hybridized carbons (Fsp3) is 0.182. The Morgan fingerprint density at radius 1 is 1.44 bits per heavy atom. The quantitative estimate of drug-likeness (QED) is 0.595. The molecule has 1 heterocycles. The molecule has 0 bridgehead atoms. The Morgan fingerprint density at radius 2 is 2.12 bits per heavy atom. The van der Waals surface area contributed by atoms with Crippen LogP contribution in [0.5, 0.6) is 0 Å². The van der Waals surface area contributed by atoms with E-state index in [2.05, 4.69) is 16.8 Å². The van der Waals surface area contributed by atoms with Crippen LogP contribution in [0.25, 0.3) is 0 Å². The second-order valence-corrected chi connectivity index (χ2v) is 3.73. The number of hydrogen-bond donors (Lipinski definition) is 0. The van der Waals surface area contributed by atoms with Gasteiger partial charge in [-0.05, 0) is 29.9 Å². The van der Waals surface area contributed by atoms with Gasteiger partial charge in [0.25, 0.3) is 0 Å². The van der Waals surface area contributed by atoms with Gasteiger partial charge in [-0.25, -0.2) is 4.39 Å².